The topological polar surface area (TPSA) is 94.1 Å². The molecule has 2 atom stereocenters. The molecule has 0 saturated heterocycles. The molecule has 24 heavy (non-hydrogen) atoms. The van der Waals surface area contributed by atoms with Gasteiger partial charge in [0.2, 0.25) is 0 Å². The van der Waals surface area contributed by atoms with E-state index in [2.05, 4.69) is 5.32 Å². The zero-order valence-corrected chi connectivity index (χ0v) is 16.1. The lowest BCUT2D eigenvalue weighted by Crippen LogP contribution is -2.50. The van der Waals surface area contributed by atoms with Gasteiger partial charge in [-0.25, -0.2) is 9.59 Å². The predicted molar refractivity (Wildman–Crippen MR) is 90.8 cm³/mol. The van der Waals surface area contributed by atoms with Crippen molar-refractivity contribution in [3.05, 3.63) is 0 Å². The number of hydrogen-bond donors (Lipinski definition) is 2. The smallest absolute Gasteiger partial charge is 0.407 e. The van der Waals surface area contributed by atoms with Gasteiger partial charge < -0.3 is 24.6 Å². The van der Waals surface area contributed by atoms with E-state index in [9.17, 15) is 14.7 Å². The van der Waals surface area contributed by atoms with Crippen molar-refractivity contribution in [3.8, 4) is 0 Å². The summed E-state index contributed by atoms with van der Waals surface area (Å²) in [6.45, 7) is 14.5. The van der Waals surface area contributed by atoms with Gasteiger partial charge in [0.25, 0.3) is 0 Å². The number of rotatable bonds is 8. The first-order valence-corrected chi connectivity index (χ1v) is 8.19. The van der Waals surface area contributed by atoms with Crippen LogP contribution in [-0.2, 0) is 19.0 Å². The molecule has 0 radical (unpaired) electrons. The lowest BCUT2D eigenvalue weighted by atomic mass is 9.99. The fourth-order valence-corrected chi connectivity index (χ4v) is 1.87. The van der Waals surface area contributed by atoms with Crippen LogP contribution in [0.3, 0.4) is 0 Å². The van der Waals surface area contributed by atoms with E-state index < -0.39 is 35.4 Å². The zero-order chi connectivity index (χ0) is 19.1. The van der Waals surface area contributed by atoms with E-state index in [1.807, 2.05) is 34.6 Å². The number of alkyl carbamates (subject to hydrolysis) is 1. The van der Waals surface area contributed by atoms with Crippen molar-refractivity contribution in [2.75, 3.05) is 6.79 Å². The van der Waals surface area contributed by atoms with Crippen molar-refractivity contribution >= 4 is 12.1 Å². The predicted octanol–water partition coefficient (Wildman–Crippen LogP) is 3.17. The third kappa shape index (κ3) is 11.2. The number of aliphatic carboxylic acids is 1. The molecule has 0 aromatic carbocycles. The molecule has 0 aromatic heterocycles. The van der Waals surface area contributed by atoms with Gasteiger partial charge in [0.1, 0.15) is 12.4 Å². The maximum Gasteiger partial charge on any atom is 0.407 e. The summed E-state index contributed by atoms with van der Waals surface area (Å²) in [4.78, 5) is 23.6. The first kappa shape index (κ1) is 22.7. The van der Waals surface area contributed by atoms with Gasteiger partial charge >= 0.3 is 12.1 Å². The molecule has 142 valence electrons. The van der Waals surface area contributed by atoms with Crippen molar-refractivity contribution in [1.82, 2.24) is 5.32 Å². The van der Waals surface area contributed by atoms with Gasteiger partial charge in [-0.05, 0) is 53.9 Å². The Hall–Kier alpha value is -1.34. The van der Waals surface area contributed by atoms with Gasteiger partial charge in [-0.15, -0.1) is 0 Å². The minimum Gasteiger partial charge on any atom is -0.479 e. The molecule has 0 spiro atoms. The van der Waals surface area contributed by atoms with Crippen molar-refractivity contribution in [3.63, 3.8) is 0 Å². The van der Waals surface area contributed by atoms with Crippen LogP contribution in [0.1, 0.15) is 61.8 Å². The summed E-state index contributed by atoms with van der Waals surface area (Å²) in [5.41, 5.74) is -1.11. The Bertz CT molecular complexity index is 408. The molecule has 7 heteroatoms. The third-order valence-corrected chi connectivity index (χ3v) is 2.78. The number of carboxylic acid groups (broad SMARTS) is 1. The number of carboxylic acids is 1. The van der Waals surface area contributed by atoms with E-state index in [1.54, 1.807) is 20.8 Å². The molecule has 1 unspecified atom stereocenters. The highest BCUT2D eigenvalue weighted by molar-refractivity contribution is 5.75. The largest absolute Gasteiger partial charge is 0.479 e. The lowest BCUT2D eigenvalue weighted by Gasteiger charge is -2.29. The van der Waals surface area contributed by atoms with E-state index in [-0.39, 0.29) is 12.7 Å². The molecule has 0 aromatic rings. The fourth-order valence-electron chi connectivity index (χ4n) is 1.87. The number of nitrogens with one attached hydrogen (secondary N) is 1. The summed E-state index contributed by atoms with van der Waals surface area (Å²) in [6, 6.07) is -0.721. The SMILES string of the molecule is CC(C)C[C@H](NC(=O)OC(C)(C)C)C(OCOC(C)(C)C)C(=O)O. The standard InChI is InChI=1S/C17H33NO6/c1-11(2)9-12(18-15(21)24-17(6,7)8)13(14(19)20)22-10-23-16(3,4)5/h11-13H,9-10H2,1-8H3,(H,18,21)(H,19,20)/t12-,13?/m0/s1. The van der Waals surface area contributed by atoms with E-state index >= 15 is 0 Å². The molecule has 0 aliphatic heterocycles. The Morgan fingerprint density at radius 1 is 1.04 bits per heavy atom. The van der Waals surface area contributed by atoms with Gasteiger partial charge in [0, 0.05) is 0 Å². The highest BCUT2D eigenvalue weighted by Gasteiger charge is 2.32. The maximum absolute atomic E-state index is 12.0. The summed E-state index contributed by atoms with van der Waals surface area (Å²) in [7, 11) is 0. The molecule has 0 bridgehead atoms. The molecule has 2 N–H and O–H groups in total. The average Bonchev–Trinajstić information content (AvgIpc) is 2.28. The summed E-state index contributed by atoms with van der Waals surface area (Å²) in [5.74, 6) is -0.992. The van der Waals surface area contributed by atoms with Crippen molar-refractivity contribution < 1.29 is 28.9 Å². The Morgan fingerprint density at radius 3 is 1.96 bits per heavy atom. The van der Waals surface area contributed by atoms with Gasteiger partial charge in [0.05, 0.1) is 11.6 Å². The summed E-state index contributed by atoms with van der Waals surface area (Å²) in [6.07, 6.45) is -1.45. The summed E-state index contributed by atoms with van der Waals surface area (Å²) >= 11 is 0. The maximum atomic E-state index is 12.0. The summed E-state index contributed by atoms with van der Waals surface area (Å²) in [5, 5.41) is 12.1. The molecule has 0 aliphatic carbocycles. The van der Waals surface area contributed by atoms with Crippen molar-refractivity contribution in [2.45, 2.75) is 85.2 Å². The molecule has 7 nitrogen and oxygen atoms in total. The summed E-state index contributed by atoms with van der Waals surface area (Å²) < 4.78 is 16.0. The molecule has 0 fully saturated rings. The van der Waals surface area contributed by atoms with Crippen molar-refractivity contribution in [1.29, 1.82) is 0 Å². The zero-order valence-electron chi connectivity index (χ0n) is 16.1. The Balaban J connectivity index is 4.98. The van der Waals surface area contributed by atoms with Crippen LogP contribution in [0.4, 0.5) is 4.79 Å². The van der Waals surface area contributed by atoms with Crippen LogP contribution in [0, 0.1) is 5.92 Å². The molecule has 0 rings (SSSR count). The van der Waals surface area contributed by atoms with E-state index in [1.165, 1.54) is 0 Å². The number of ether oxygens (including phenoxy) is 3. The van der Waals surface area contributed by atoms with Crippen LogP contribution >= 0.6 is 0 Å². The first-order chi connectivity index (χ1) is 10.7. The normalized spacial score (nSPS) is 15.0. The fraction of sp³-hybridized carbons (Fsp3) is 0.882. The van der Waals surface area contributed by atoms with Crippen LogP contribution in [0.15, 0.2) is 0 Å². The van der Waals surface area contributed by atoms with Gasteiger partial charge in [-0.1, -0.05) is 13.8 Å². The van der Waals surface area contributed by atoms with Crippen LogP contribution in [0.2, 0.25) is 0 Å². The molecular formula is C17H33NO6. The van der Waals surface area contributed by atoms with E-state index in [4.69, 9.17) is 14.2 Å². The number of carbonyl (C=O) groups excluding carboxylic acids is 1. The highest BCUT2D eigenvalue weighted by Crippen LogP contribution is 2.15. The Kier molecular flexibility index (Phi) is 8.71. The minimum atomic E-state index is -1.22. The minimum absolute atomic E-state index is 0.166. The van der Waals surface area contributed by atoms with Crippen LogP contribution in [0.25, 0.3) is 0 Å². The number of hydrogen-bond acceptors (Lipinski definition) is 5. The molecule has 0 saturated carbocycles. The lowest BCUT2D eigenvalue weighted by molar-refractivity contribution is -0.177. The van der Waals surface area contributed by atoms with E-state index in [0.29, 0.717) is 6.42 Å². The number of amides is 1. The van der Waals surface area contributed by atoms with Crippen LogP contribution in [0.5, 0.6) is 0 Å². The molecule has 0 aliphatic rings. The highest BCUT2D eigenvalue weighted by atomic mass is 16.7. The van der Waals surface area contributed by atoms with Gasteiger partial charge in [-0.3, -0.25) is 0 Å². The second kappa shape index (κ2) is 9.22. The monoisotopic (exact) mass is 347 g/mol. The van der Waals surface area contributed by atoms with Gasteiger partial charge in [-0.2, -0.15) is 0 Å². The van der Waals surface area contributed by atoms with E-state index in [0.717, 1.165) is 0 Å². The van der Waals surface area contributed by atoms with Crippen molar-refractivity contribution in [2.24, 2.45) is 5.92 Å². The third-order valence-electron chi connectivity index (χ3n) is 2.78. The second-order valence-corrected chi connectivity index (χ2v) is 8.18. The number of carbonyl (C=O) groups is 2. The molecular weight excluding hydrogens is 314 g/mol. The molecule has 1 amide bonds. The quantitative estimate of drug-likeness (QED) is 0.655. The second-order valence-electron chi connectivity index (χ2n) is 8.18. The Labute approximate surface area is 145 Å². The Morgan fingerprint density at radius 2 is 1.58 bits per heavy atom. The van der Waals surface area contributed by atoms with Crippen LogP contribution in [-0.4, -0.2) is 47.3 Å². The molecule has 0 heterocycles. The van der Waals surface area contributed by atoms with Gasteiger partial charge in [0.15, 0.2) is 6.10 Å². The average molecular weight is 347 g/mol. The van der Waals surface area contributed by atoms with Crippen LogP contribution < -0.4 is 5.32 Å². The first-order valence-electron chi connectivity index (χ1n) is 8.19.